The third-order valence-electron chi connectivity index (χ3n) is 1.89. The molecule has 0 amide bonds. The lowest BCUT2D eigenvalue weighted by Crippen LogP contribution is -1.93. The minimum Gasteiger partial charge on any atom is -0.258 e. The normalized spacial score (nSPS) is 8.93. The van der Waals surface area contributed by atoms with Gasteiger partial charge >= 0.3 is 0 Å². The molecule has 0 spiro atoms. The van der Waals surface area contributed by atoms with Gasteiger partial charge in [-0.1, -0.05) is 25.4 Å². The third-order valence-corrected chi connectivity index (χ3v) is 2.30. The summed E-state index contributed by atoms with van der Waals surface area (Å²) < 4.78 is 0. The maximum absolute atomic E-state index is 10.4. The van der Waals surface area contributed by atoms with Crippen molar-refractivity contribution in [3.8, 4) is 0 Å². The molecule has 3 nitrogen and oxygen atoms in total. The first-order valence-electron chi connectivity index (χ1n) is 4.44. The van der Waals surface area contributed by atoms with Crippen LogP contribution in [0.25, 0.3) is 0 Å². The van der Waals surface area contributed by atoms with Crippen LogP contribution >= 0.6 is 11.6 Å². The maximum Gasteiger partial charge on any atom is 0.272 e. The first-order chi connectivity index (χ1) is 6.54. The van der Waals surface area contributed by atoms with Gasteiger partial charge in [0.2, 0.25) is 0 Å². The van der Waals surface area contributed by atoms with Gasteiger partial charge < -0.3 is 0 Å². The predicted molar refractivity (Wildman–Crippen MR) is 58.9 cm³/mol. The van der Waals surface area contributed by atoms with Crippen molar-refractivity contribution in [3.63, 3.8) is 0 Å². The van der Waals surface area contributed by atoms with Gasteiger partial charge in [-0.15, -0.1) is 0 Å². The largest absolute Gasteiger partial charge is 0.272 e. The Morgan fingerprint density at radius 3 is 2.14 bits per heavy atom. The molecule has 0 saturated carbocycles. The summed E-state index contributed by atoms with van der Waals surface area (Å²) in [5.41, 5.74) is 1.52. The average Bonchev–Trinajstić information content (AvgIpc) is 2.17. The molecule has 1 aromatic carbocycles. The van der Waals surface area contributed by atoms with Gasteiger partial charge in [-0.25, -0.2) is 0 Å². The highest BCUT2D eigenvalue weighted by atomic mass is 35.5. The van der Waals surface area contributed by atoms with Gasteiger partial charge in [-0.05, 0) is 25.5 Å². The van der Waals surface area contributed by atoms with Crippen LogP contribution in [0.4, 0.5) is 5.69 Å². The molecule has 0 aliphatic carbocycles. The highest BCUT2D eigenvalue weighted by Crippen LogP contribution is 2.26. The molecule has 0 fully saturated rings. The summed E-state index contributed by atoms with van der Waals surface area (Å²) in [4.78, 5) is 10.0. The van der Waals surface area contributed by atoms with Crippen LogP contribution in [-0.2, 0) is 0 Å². The molecule has 0 atom stereocenters. The van der Waals surface area contributed by atoms with E-state index in [2.05, 4.69) is 0 Å². The number of nitro benzene ring substituents is 1. The van der Waals surface area contributed by atoms with E-state index in [4.69, 9.17) is 11.6 Å². The lowest BCUT2D eigenvalue weighted by molar-refractivity contribution is -0.385. The van der Waals surface area contributed by atoms with Crippen LogP contribution in [0.15, 0.2) is 12.1 Å². The van der Waals surface area contributed by atoms with E-state index in [1.54, 1.807) is 19.9 Å². The number of hydrogen-bond acceptors (Lipinski definition) is 2. The number of rotatable bonds is 1. The summed E-state index contributed by atoms with van der Waals surface area (Å²) in [5, 5.41) is 11.0. The van der Waals surface area contributed by atoms with Crippen molar-refractivity contribution in [1.82, 2.24) is 0 Å². The van der Waals surface area contributed by atoms with Crippen molar-refractivity contribution in [2.45, 2.75) is 27.7 Å². The number of benzene rings is 1. The summed E-state index contributed by atoms with van der Waals surface area (Å²) in [7, 11) is 0. The fourth-order valence-electron chi connectivity index (χ4n) is 0.971. The molecule has 0 N–H and O–H groups in total. The van der Waals surface area contributed by atoms with Crippen LogP contribution in [0.3, 0.4) is 0 Å². The highest BCUT2D eigenvalue weighted by molar-refractivity contribution is 6.31. The molecule has 14 heavy (non-hydrogen) atoms. The van der Waals surface area contributed by atoms with E-state index in [1.807, 2.05) is 13.8 Å². The fraction of sp³-hybridized carbons (Fsp3) is 0.400. The van der Waals surface area contributed by atoms with Crippen molar-refractivity contribution in [3.05, 3.63) is 38.4 Å². The Kier molecular flexibility index (Phi) is 5.16. The quantitative estimate of drug-likeness (QED) is 0.527. The Bertz CT molecular complexity index is 337. The molecule has 0 saturated heterocycles. The van der Waals surface area contributed by atoms with Gasteiger partial charge in [0, 0.05) is 16.7 Å². The second-order valence-electron chi connectivity index (χ2n) is 2.57. The number of hydrogen-bond donors (Lipinski definition) is 0. The molecule has 0 radical (unpaired) electrons. The van der Waals surface area contributed by atoms with Gasteiger partial charge in [0.1, 0.15) is 0 Å². The van der Waals surface area contributed by atoms with Crippen LogP contribution in [-0.4, -0.2) is 4.92 Å². The lowest BCUT2D eigenvalue weighted by atomic mass is 10.1. The van der Waals surface area contributed by atoms with Crippen molar-refractivity contribution in [2.75, 3.05) is 0 Å². The van der Waals surface area contributed by atoms with Crippen molar-refractivity contribution >= 4 is 17.3 Å². The first-order valence-corrected chi connectivity index (χ1v) is 4.82. The van der Waals surface area contributed by atoms with Crippen molar-refractivity contribution < 1.29 is 4.92 Å². The number of nitro groups is 1. The first kappa shape index (κ1) is 12.9. The lowest BCUT2D eigenvalue weighted by Gasteiger charge is -2.02. The van der Waals surface area contributed by atoms with Crippen LogP contribution in [0, 0.1) is 24.0 Å². The Morgan fingerprint density at radius 2 is 1.71 bits per heavy atom. The third kappa shape index (κ3) is 2.70. The molecular weight excluding hydrogens is 202 g/mol. The van der Waals surface area contributed by atoms with Crippen LogP contribution in [0.5, 0.6) is 0 Å². The van der Waals surface area contributed by atoms with Crippen molar-refractivity contribution in [1.29, 1.82) is 0 Å². The van der Waals surface area contributed by atoms with E-state index in [1.165, 1.54) is 6.07 Å². The SMILES string of the molecule is CC.Cc1c(Cl)ccc([N+](=O)[O-])c1C. The Morgan fingerprint density at radius 1 is 1.21 bits per heavy atom. The Labute approximate surface area is 88.9 Å². The summed E-state index contributed by atoms with van der Waals surface area (Å²) >= 11 is 5.77. The molecule has 78 valence electrons. The summed E-state index contributed by atoms with van der Waals surface area (Å²) in [6, 6.07) is 2.96. The summed E-state index contributed by atoms with van der Waals surface area (Å²) in [6.45, 7) is 7.46. The van der Waals surface area contributed by atoms with Gasteiger partial charge in [0.05, 0.1) is 4.92 Å². The molecule has 1 aromatic rings. The monoisotopic (exact) mass is 215 g/mol. The molecule has 4 heteroatoms. The van der Waals surface area contributed by atoms with Crippen LogP contribution in [0.1, 0.15) is 25.0 Å². The Hall–Kier alpha value is -1.09. The number of nitrogens with zero attached hydrogens (tertiary/aromatic N) is 1. The summed E-state index contributed by atoms with van der Waals surface area (Å²) in [6.07, 6.45) is 0. The van der Waals surface area contributed by atoms with E-state index in [-0.39, 0.29) is 5.69 Å². The molecule has 0 unspecified atom stereocenters. The molecule has 0 bridgehead atoms. The molecular formula is C10H14ClNO2. The molecule has 0 aliphatic heterocycles. The van der Waals surface area contributed by atoms with Crippen LogP contribution in [0.2, 0.25) is 5.02 Å². The molecule has 0 heterocycles. The zero-order valence-corrected chi connectivity index (χ0v) is 9.55. The predicted octanol–water partition coefficient (Wildman–Crippen LogP) is 3.89. The van der Waals surface area contributed by atoms with E-state index in [9.17, 15) is 10.1 Å². The molecule has 0 aromatic heterocycles. The highest BCUT2D eigenvalue weighted by Gasteiger charge is 2.12. The topological polar surface area (TPSA) is 43.1 Å². The summed E-state index contributed by atoms with van der Waals surface area (Å²) in [5.74, 6) is 0. The smallest absolute Gasteiger partial charge is 0.258 e. The van der Waals surface area contributed by atoms with E-state index in [0.717, 1.165) is 5.56 Å². The zero-order valence-electron chi connectivity index (χ0n) is 8.80. The average molecular weight is 216 g/mol. The van der Waals surface area contributed by atoms with Gasteiger partial charge in [-0.3, -0.25) is 10.1 Å². The van der Waals surface area contributed by atoms with E-state index >= 15 is 0 Å². The standard InChI is InChI=1S/C8H8ClNO2.C2H6/c1-5-6(2)8(10(11)12)4-3-7(5)9;1-2/h3-4H,1-2H3;1-2H3. The van der Waals surface area contributed by atoms with E-state index < -0.39 is 4.92 Å². The van der Waals surface area contributed by atoms with Gasteiger partial charge in [0.25, 0.3) is 5.69 Å². The minimum absolute atomic E-state index is 0.122. The van der Waals surface area contributed by atoms with E-state index in [0.29, 0.717) is 10.6 Å². The maximum atomic E-state index is 10.4. The zero-order chi connectivity index (χ0) is 11.3. The van der Waals surface area contributed by atoms with Crippen LogP contribution < -0.4 is 0 Å². The second-order valence-corrected chi connectivity index (χ2v) is 2.98. The molecule has 0 aliphatic rings. The molecule has 1 rings (SSSR count). The Balaban J connectivity index is 0.000000791. The number of halogens is 1. The van der Waals surface area contributed by atoms with Gasteiger partial charge in [-0.2, -0.15) is 0 Å². The van der Waals surface area contributed by atoms with Gasteiger partial charge in [0.15, 0.2) is 0 Å². The second kappa shape index (κ2) is 5.60. The fourth-order valence-corrected chi connectivity index (χ4v) is 1.18. The minimum atomic E-state index is -0.404. The van der Waals surface area contributed by atoms with Crippen molar-refractivity contribution in [2.24, 2.45) is 0 Å².